The molecule has 9 nitrogen and oxygen atoms in total. The van der Waals surface area contributed by atoms with Gasteiger partial charge in [0.2, 0.25) is 0 Å². The Morgan fingerprint density at radius 1 is 1.26 bits per heavy atom. The molecule has 1 amide bonds. The second-order valence-corrected chi connectivity index (χ2v) is 15.6. The molecule has 1 aromatic heterocycles. The molecule has 0 saturated carbocycles. The average Bonchev–Trinajstić information content (AvgIpc) is 3.27. The minimum absolute atomic E-state index is 0.0222. The Morgan fingerprint density at radius 2 is 1.94 bits per heavy atom. The lowest BCUT2D eigenvalue weighted by Gasteiger charge is -2.41. The van der Waals surface area contributed by atoms with E-state index < -0.39 is 25.8 Å². The summed E-state index contributed by atoms with van der Waals surface area (Å²) in [6.07, 6.45) is 1.45. The van der Waals surface area contributed by atoms with Crippen molar-refractivity contribution in [3.8, 4) is 0 Å². The van der Waals surface area contributed by atoms with Crippen LogP contribution in [0, 0.1) is 0 Å². The lowest BCUT2D eigenvalue weighted by molar-refractivity contribution is -0.235. The Balaban J connectivity index is 1.62. The number of anilines is 1. The van der Waals surface area contributed by atoms with Crippen LogP contribution in [0.3, 0.4) is 0 Å². The van der Waals surface area contributed by atoms with Gasteiger partial charge in [-0.1, -0.05) is 45.9 Å². The van der Waals surface area contributed by atoms with Gasteiger partial charge in [-0.15, -0.1) is 0 Å². The summed E-state index contributed by atoms with van der Waals surface area (Å²) in [6, 6.07) is 10.1. The molecule has 0 radical (unpaired) electrons. The molecule has 1 N–H and O–H groups in total. The maximum absolute atomic E-state index is 13.1. The van der Waals surface area contributed by atoms with Gasteiger partial charge in [0.1, 0.15) is 17.5 Å². The minimum atomic E-state index is -2.14. The van der Waals surface area contributed by atoms with Gasteiger partial charge in [0.25, 0.3) is 5.91 Å². The summed E-state index contributed by atoms with van der Waals surface area (Å²) in [5.74, 6) is -0.143. The summed E-state index contributed by atoms with van der Waals surface area (Å²) in [5.41, 5.74) is -0.622. The lowest BCUT2D eigenvalue weighted by atomic mass is 9.96. The molecule has 10 heteroatoms. The topological polar surface area (TPSA) is 94.9 Å². The number of fused-ring (bicyclic) bond motifs is 2. The molecule has 1 aromatic carbocycles. The number of carbonyl (C=O) groups excluding carboxylic acids is 1. The standard InChI is InChI=1S/C25H36N4O5Si/c1-8-25-16-29(32-5)19(20(25)34-35(6,7)24(2,3)4)22(33-25)28-15-14-18(27-23(28)31)26-21(30)17-12-10-9-11-13-17/h9-15,19-20,22H,8,16H2,1-7H3,(H,26,27,30,31)/t19-,20+,22-,25+/m1/s1. The first-order valence-electron chi connectivity index (χ1n) is 12.0. The maximum Gasteiger partial charge on any atom is 0.351 e. The van der Waals surface area contributed by atoms with Crippen LogP contribution < -0.4 is 11.0 Å². The van der Waals surface area contributed by atoms with Gasteiger partial charge < -0.3 is 19.3 Å². The van der Waals surface area contributed by atoms with Gasteiger partial charge in [-0.05, 0) is 42.8 Å². The van der Waals surface area contributed by atoms with E-state index in [0.717, 1.165) is 0 Å². The Hall–Kier alpha value is -2.37. The third-order valence-electron chi connectivity index (χ3n) is 7.67. The van der Waals surface area contributed by atoms with Gasteiger partial charge in [-0.3, -0.25) is 9.36 Å². The number of hydrogen-bond acceptors (Lipinski definition) is 7. The molecular weight excluding hydrogens is 464 g/mol. The Morgan fingerprint density at radius 3 is 2.51 bits per heavy atom. The highest BCUT2D eigenvalue weighted by molar-refractivity contribution is 6.74. The molecule has 35 heavy (non-hydrogen) atoms. The fraction of sp³-hybridized carbons (Fsp3) is 0.560. The Labute approximate surface area is 207 Å². The van der Waals surface area contributed by atoms with E-state index in [4.69, 9.17) is 14.0 Å². The zero-order chi connectivity index (χ0) is 25.6. The van der Waals surface area contributed by atoms with Crippen LogP contribution in [-0.2, 0) is 14.0 Å². The smallest absolute Gasteiger partial charge is 0.351 e. The second-order valence-electron chi connectivity index (χ2n) is 10.8. The lowest BCUT2D eigenvalue weighted by Crippen LogP contribution is -2.51. The molecular formula is C25H36N4O5Si. The number of hydrogen-bond donors (Lipinski definition) is 1. The molecule has 0 aliphatic carbocycles. The van der Waals surface area contributed by atoms with Crippen LogP contribution in [0.5, 0.6) is 0 Å². The number of carbonyl (C=O) groups is 1. The van der Waals surface area contributed by atoms with E-state index in [0.29, 0.717) is 18.5 Å². The van der Waals surface area contributed by atoms with Crippen LogP contribution in [0.25, 0.3) is 0 Å². The van der Waals surface area contributed by atoms with Crippen LogP contribution in [0.2, 0.25) is 18.1 Å². The number of benzene rings is 1. The number of hydroxylamine groups is 2. The summed E-state index contributed by atoms with van der Waals surface area (Å²) in [7, 11) is -0.503. The third-order valence-corrected chi connectivity index (χ3v) is 12.1. The number of nitrogens with one attached hydrogen (secondary N) is 1. The predicted octanol–water partition coefficient (Wildman–Crippen LogP) is 3.81. The normalized spacial score (nSPS) is 26.8. The van der Waals surface area contributed by atoms with Crippen LogP contribution in [0.4, 0.5) is 5.82 Å². The van der Waals surface area contributed by atoms with E-state index in [9.17, 15) is 9.59 Å². The minimum Gasteiger partial charge on any atom is -0.409 e. The maximum atomic E-state index is 13.1. The first-order valence-corrected chi connectivity index (χ1v) is 15.0. The first kappa shape index (κ1) is 25.7. The zero-order valence-corrected chi connectivity index (χ0v) is 22.6. The van der Waals surface area contributed by atoms with E-state index in [1.165, 1.54) is 4.57 Å². The van der Waals surface area contributed by atoms with Gasteiger partial charge >= 0.3 is 5.69 Å². The van der Waals surface area contributed by atoms with E-state index in [2.05, 4.69) is 51.1 Å². The zero-order valence-electron chi connectivity index (χ0n) is 21.6. The third kappa shape index (κ3) is 4.61. The van der Waals surface area contributed by atoms with Crippen molar-refractivity contribution in [2.45, 2.75) is 76.2 Å². The number of ether oxygens (including phenoxy) is 1. The molecule has 190 valence electrons. The van der Waals surface area contributed by atoms with Crippen LogP contribution >= 0.6 is 0 Å². The van der Waals surface area contributed by atoms with E-state index in [1.807, 2.05) is 11.1 Å². The Bertz CT molecular complexity index is 1130. The van der Waals surface area contributed by atoms with Crippen molar-refractivity contribution in [1.82, 2.24) is 14.6 Å². The summed E-state index contributed by atoms with van der Waals surface area (Å²) in [6.45, 7) is 13.7. The first-order chi connectivity index (χ1) is 16.4. The summed E-state index contributed by atoms with van der Waals surface area (Å²) < 4.78 is 14.9. The molecule has 4 rings (SSSR count). The molecule has 0 spiro atoms. The Kier molecular flexibility index (Phi) is 6.80. The van der Waals surface area contributed by atoms with Gasteiger partial charge in [0.05, 0.1) is 19.8 Å². The molecule has 2 saturated heterocycles. The van der Waals surface area contributed by atoms with Crippen molar-refractivity contribution in [2.24, 2.45) is 0 Å². The highest BCUT2D eigenvalue weighted by Crippen LogP contribution is 2.52. The van der Waals surface area contributed by atoms with Gasteiger partial charge in [-0.2, -0.15) is 10.0 Å². The SMILES string of the molecule is CC[C@@]12CN(OC)[C@@H]([C@H](n3ccc(NC(=O)c4ccccc4)nc3=O)O1)[C@@H]2O[Si](C)(C)C(C)(C)C. The average molecular weight is 501 g/mol. The molecule has 0 unspecified atom stereocenters. The summed E-state index contributed by atoms with van der Waals surface area (Å²) in [5, 5.41) is 4.58. The summed E-state index contributed by atoms with van der Waals surface area (Å²) >= 11 is 0. The largest absolute Gasteiger partial charge is 0.409 e. The second kappa shape index (κ2) is 9.25. The monoisotopic (exact) mass is 500 g/mol. The molecule has 2 fully saturated rings. The van der Waals surface area contributed by atoms with Crippen molar-refractivity contribution in [2.75, 3.05) is 19.0 Å². The number of amides is 1. The number of aromatic nitrogens is 2. The molecule has 2 aliphatic heterocycles. The van der Waals surface area contributed by atoms with Crippen LogP contribution in [0.1, 0.15) is 50.7 Å². The van der Waals surface area contributed by atoms with Crippen molar-refractivity contribution in [1.29, 1.82) is 0 Å². The van der Waals surface area contributed by atoms with Gasteiger partial charge in [0.15, 0.2) is 14.5 Å². The van der Waals surface area contributed by atoms with Crippen LogP contribution in [0.15, 0.2) is 47.4 Å². The highest BCUT2D eigenvalue weighted by atomic mass is 28.4. The molecule has 3 heterocycles. The molecule has 2 aliphatic rings. The van der Waals surface area contributed by atoms with Crippen molar-refractivity contribution >= 4 is 20.0 Å². The van der Waals surface area contributed by atoms with E-state index in [1.54, 1.807) is 43.6 Å². The van der Waals surface area contributed by atoms with Crippen molar-refractivity contribution < 1.29 is 18.8 Å². The van der Waals surface area contributed by atoms with Crippen LogP contribution in [-0.4, -0.2) is 60.2 Å². The van der Waals surface area contributed by atoms with Crippen molar-refractivity contribution in [3.05, 3.63) is 58.6 Å². The summed E-state index contributed by atoms with van der Waals surface area (Å²) in [4.78, 5) is 35.4. The van der Waals surface area contributed by atoms with Gasteiger partial charge in [0, 0.05) is 11.8 Å². The highest BCUT2D eigenvalue weighted by Gasteiger charge is 2.66. The molecule has 2 aromatic rings. The van der Waals surface area contributed by atoms with Gasteiger partial charge in [-0.25, -0.2) is 4.79 Å². The number of rotatable bonds is 7. The molecule has 2 bridgehead atoms. The fourth-order valence-corrected chi connectivity index (χ4v) is 5.90. The number of morpholine rings is 1. The number of nitrogens with zero attached hydrogens (tertiary/aromatic N) is 3. The fourth-order valence-electron chi connectivity index (χ4n) is 4.56. The van der Waals surface area contributed by atoms with E-state index in [-0.39, 0.29) is 28.9 Å². The van der Waals surface area contributed by atoms with Crippen molar-refractivity contribution in [3.63, 3.8) is 0 Å². The predicted molar refractivity (Wildman–Crippen MR) is 136 cm³/mol. The quantitative estimate of drug-likeness (QED) is 0.578. The molecule has 4 atom stereocenters. The van der Waals surface area contributed by atoms with E-state index >= 15 is 0 Å².